The number of carbonyl (C=O) groups is 2. The van der Waals surface area contributed by atoms with Crippen molar-refractivity contribution >= 4 is 39.1 Å². The standard InChI is InChI=1S/C35H38ClN3O4S/c1-25(2)37-35(41)33(21-28-14-7-5-8-15-28)38(23-29-16-12-11-13-26(29)3)34(40)24-39(30-20-19-27(4)32(36)22-30)44(42,43)31-17-9-6-10-18-31/h5-20,22,25,33H,21,23-24H2,1-4H3,(H,37,41). The number of hydrogen-bond acceptors (Lipinski definition) is 4. The average molecular weight is 632 g/mol. The Morgan fingerprint density at radius 1 is 0.818 bits per heavy atom. The monoisotopic (exact) mass is 631 g/mol. The van der Waals surface area contributed by atoms with Gasteiger partial charge < -0.3 is 10.2 Å². The third-order valence-corrected chi connectivity index (χ3v) is 9.55. The summed E-state index contributed by atoms with van der Waals surface area (Å²) in [6.45, 7) is 7.06. The van der Waals surface area contributed by atoms with Crippen LogP contribution >= 0.6 is 11.6 Å². The van der Waals surface area contributed by atoms with Gasteiger partial charge in [-0.2, -0.15) is 0 Å². The summed E-state index contributed by atoms with van der Waals surface area (Å²) in [6, 6.07) is 28.9. The maximum absolute atomic E-state index is 14.5. The normalized spacial score (nSPS) is 12.0. The van der Waals surface area contributed by atoms with Crippen LogP contribution in [0.2, 0.25) is 5.02 Å². The molecule has 230 valence electrons. The number of aryl methyl sites for hydroxylation is 2. The van der Waals surface area contributed by atoms with E-state index in [1.165, 1.54) is 17.0 Å². The molecule has 4 rings (SSSR count). The molecule has 0 radical (unpaired) electrons. The molecule has 0 aromatic heterocycles. The fourth-order valence-corrected chi connectivity index (χ4v) is 6.49. The number of amides is 2. The van der Waals surface area contributed by atoms with E-state index < -0.39 is 28.5 Å². The van der Waals surface area contributed by atoms with E-state index in [0.29, 0.717) is 5.02 Å². The van der Waals surface area contributed by atoms with Gasteiger partial charge >= 0.3 is 0 Å². The lowest BCUT2D eigenvalue weighted by Crippen LogP contribution is -2.54. The molecule has 0 bridgehead atoms. The summed E-state index contributed by atoms with van der Waals surface area (Å²) in [5.41, 5.74) is 3.70. The van der Waals surface area contributed by atoms with Crippen LogP contribution in [0.25, 0.3) is 0 Å². The number of sulfonamides is 1. The zero-order valence-electron chi connectivity index (χ0n) is 25.4. The smallest absolute Gasteiger partial charge is 0.264 e. The Bertz CT molecular complexity index is 1700. The Morgan fingerprint density at radius 3 is 2.05 bits per heavy atom. The van der Waals surface area contributed by atoms with Crippen molar-refractivity contribution in [2.24, 2.45) is 0 Å². The molecule has 0 aliphatic heterocycles. The fourth-order valence-electron chi connectivity index (χ4n) is 4.89. The molecule has 0 saturated heterocycles. The van der Waals surface area contributed by atoms with Gasteiger partial charge in [0.15, 0.2) is 0 Å². The molecule has 9 heteroatoms. The highest BCUT2D eigenvalue weighted by molar-refractivity contribution is 7.92. The number of benzene rings is 4. The van der Waals surface area contributed by atoms with Gasteiger partial charge in [0.2, 0.25) is 11.8 Å². The van der Waals surface area contributed by atoms with Gasteiger partial charge in [0.1, 0.15) is 12.6 Å². The Labute approximate surface area is 265 Å². The first-order valence-corrected chi connectivity index (χ1v) is 16.3. The highest BCUT2D eigenvalue weighted by Crippen LogP contribution is 2.29. The summed E-state index contributed by atoms with van der Waals surface area (Å²) in [7, 11) is -4.19. The summed E-state index contributed by atoms with van der Waals surface area (Å²) in [4.78, 5) is 29.8. The van der Waals surface area contributed by atoms with Gasteiger partial charge in [0.25, 0.3) is 10.0 Å². The molecular weight excluding hydrogens is 594 g/mol. The van der Waals surface area contributed by atoms with Crippen LogP contribution < -0.4 is 9.62 Å². The first kappa shape index (κ1) is 32.8. The largest absolute Gasteiger partial charge is 0.352 e. The zero-order valence-corrected chi connectivity index (χ0v) is 27.0. The Kier molecular flexibility index (Phi) is 10.8. The first-order chi connectivity index (χ1) is 21.0. The summed E-state index contributed by atoms with van der Waals surface area (Å²) in [6.07, 6.45) is 0.249. The van der Waals surface area contributed by atoms with Gasteiger partial charge in [0.05, 0.1) is 10.6 Å². The van der Waals surface area contributed by atoms with E-state index >= 15 is 0 Å². The SMILES string of the molecule is Cc1ccc(N(CC(=O)N(Cc2ccccc2C)C(Cc2ccccc2)C(=O)NC(C)C)S(=O)(=O)c2ccccc2)cc1Cl. The van der Waals surface area contributed by atoms with Crippen LogP contribution in [-0.2, 0) is 32.6 Å². The quantitative estimate of drug-likeness (QED) is 0.198. The second kappa shape index (κ2) is 14.6. The zero-order chi connectivity index (χ0) is 31.9. The van der Waals surface area contributed by atoms with Crippen molar-refractivity contribution in [3.63, 3.8) is 0 Å². The molecule has 0 fully saturated rings. The Morgan fingerprint density at radius 2 is 1.43 bits per heavy atom. The Hall–Kier alpha value is -4.14. The molecule has 2 amide bonds. The molecule has 7 nitrogen and oxygen atoms in total. The highest BCUT2D eigenvalue weighted by Gasteiger charge is 2.35. The van der Waals surface area contributed by atoms with Crippen molar-refractivity contribution in [1.82, 2.24) is 10.2 Å². The van der Waals surface area contributed by atoms with E-state index in [4.69, 9.17) is 11.6 Å². The fraction of sp³-hybridized carbons (Fsp3) is 0.257. The van der Waals surface area contributed by atoms with Crippen molar-refractivity contribution < 1.29 is 18.0 Å². The molecule has 1 N–H and O–H groups in total. The molecule has 0 heterocycles. The minimum absolute atomic E-state index is 0.0355. The molecule has 4 aromatic carbocycles. The van der Waals surface area contributed by atoms with E-state index in [2.05, 4.69) is 5.32 Å². The first-order valence-electron chi connectivity index (χ1n) is 14.5. The summed E-state index contributed by atoms with van der Waals surface area (Å²) >= 11 is 6.44. The Balaban J connectivity index is 1.82. The minimum Gasteiger partial charge on any atom is -0.352 e. The van der Waals surface area contributed by atoms with E-state index in [1.54, 1.807) is 36.4 Å². The topological polar surface area (TPSA) is 86.8 Å². The number of nitrogens with one attached hydrogen (secondary N) is 1. The van der Waals surface area contributed by atoms with Gasteiger partial charge in [-0.15, -0.1) is 0 Å². The summed E-state index contributed by atoms with van der Waals surface area (Å²) in [5.74, 6) is -0.842. The second-order valence-corrected chi connectivity index (χ2v) is 13.3. The molecule has 0 saturated carbocycles. The molecule has 0 spiro atoms. The molecule has 1 atom stereocenters. The van der Waals surface area contributed by atoms with Crippen molar-refractivity contribution in [2.45, 2.75) is 57.6 Å². The van der Waals surface area contributed by atoms with Crippen LogP contribution in [0.4, 0.5) is 5.69 Å². The van der Waals surface area contributed by atoms with Gasteiger partial charge in [-0.25, -0.2) is 8.42 Å². The molecular formula is C35H38ClN3O4S. The van der Waals surface area contributed by atoms with Crippen LogP contribution in [0, 0.1) is 13.8 Å². The molecule has 4 aromatic rings. The van der Waals surface area contributed by atoms with Crippen molar-refractivity contribution in [1.29, 1.82) is 0 Å². The van der Waals surface area contributed by atoms with E-state index in [9.17, 15) is 18.0 Å². The van der Waals surface area contributed by atoms with Crippen molar-refractivity contribution in [2.75, 3.05) is 10.8 Å². The van der Waals surface area contributed by atoms with Crippen molar-refractivity contribution in [3.05, 3.63) is 130 Å². The summed E-state index contributed by atoms with van der Waals surface area (Å²) < 4.78 is 29.2. The second-order valence-electron chi connectivity index (χ2n) is 11.1. The maximum Gasteiger partial charge on any atom is 0.264 e. The van der Waals surface area contributed by atoms with Crippen LogP contribution in [0.15, 0.2) is 108 Å². The number of anilines is 1. The number of nitrogens with zero attached hydrogens (tertiary/aromatic N) is 2. The van der Waals surface area contributed by atoms with Crippen LogP contribution in [0.5, 0.6) is 0 Å². The van der Waals surface area contributed by atoms with Gasteiger partial charge in [-0.3, -0.25) is 13.9 Å². The van der Waals surface area contributed by atoms with Gasteiger partial charge in [-0.1, -0.05) is 90.5 Å². The number of rotatable bonds is 12. The molecule has 0 aliphatic rings. The van der Waals surface area contributed by atoms with E-state index in [1.807, 2.05) is 82.3 Å². The van der Waals surface area contributed by atoms with Crippen LogP contribution in [0.1, 0.15) is 36.1 Å². The minimum atomic E-state index is -4.19. The van der Waals surface area contributed by atoms with Gasteiger partial charge in [0, 0.05) is 24.0 Å². The third-order valence-electron chi connectivity index (χ3n) is 7.36. The highest BCUT2D eigenvalue weighted by atomic mass is 35.5. The lowest BCUT2D eigenvalue weighted by Gasteiger charge is -2.34. The summed E-state index contributed by atoms with van der Waals surface area (Å²) in [5, 5.41) is 3.34. The predicted molar refractivity (Wildman–Crippen MR) is 176 cm³/mol. The number of halogens is 1. The van der Waals surface area contributed by atoms with Gasteiger partial charge in [-0.05, 0) is 74.2 Å². The van der Waals surface area contributed by atoms with Crippen molar-refractivity contribution in [3.8, 4) is 0 Å². The number of hydrogen-bond donors (Lipinski definition) is 1. The maximum atomic E-state index is 14.5. The van der Waals surface area contributed by atoms with Crippen LogP contribution in [0.3, 0.4) is 0 Å². The van der Waals surface area contributed by atoms with Crippen LogP contribution in [-0.4, -0.2) is 43.8 Å². The number of carbonyl (C=O) groups excluding carboxylic acids is 2. The average Bonchev–Trinajstić information content (AvgIpc) is 3.00. The third kappa shape index (κ3) is 8.07. The lowest BCUT2D eigenvalue weighted by molar-refractivity contribution is -0.140. The molecule has 44 heavy (non-hydrogen) atoms. The van der Waals surface area contributed by atoms with E-state index in [-0.39, 0.29) is 35.5 Å². The lowest BCUT2D eigenvalue weighted by atomic mass is 10.0. The molecule has 0 aliphatic carbocycles. The molecule has 1 unspecified atom stereocenters. The van der Waals surface area contributed by atoms with E-state index in [0.717, 1.165) is 26.6 Å². The predicted octanol–water partition coefficient (Wildman–Crippen LogP) is 6.32.